The molecule has 0 aromatic heterocycles. The summed E-state index contributed by atoms with van der Waals surface area (Å²) in [6.45, 7) is 7.71. The van der Waals surface area contributed by atoms with E-state index in [1.807, 2.05) is 19.1 Å². The smallest absolute Gasteiger partial charge is 0.119 e. The Bertz CT molecular complexity index is 312. The van der Waals surface area contributed by atoms with Crippen molar-refractivity contribution in [2.45, 2.75) is 26.5 Å². The zero-order chi connectivity index (χ0) is 13.2. The van der Waals surface area contributed by atoms with Crippen molar-refractivity contribution in [3.63, 3.8) is 0 Å². The molecule has 0 spiro atoms. The van der Waals surface area contributed by atoms with Crippen molar-refractivity contribution in [2.75, 3.05) is 26.2 Å². The van der Waals surface area contributed by atoms with Crippen LogP contribution in [0.4, 0.5) is 0 Å². The summed E-state index contributed by atoms with van der Waals surface area (Å²) in [6, 6.07) is 8.13. The largest absolute Gasteiger partial charge is 0.494 e. The molecule has 0 bridgehead atoms. The van der Waals surface area contributed by atoms with Crippen LogP contribution in [0.5, 0.6) is 5.75 Å². The average molecular weight is 252 g/mol. The van der Waals surface area contributed by atoms with Crippen LogP contribution in [0.25, 0.3) is 0 Å². The SMILES string of the molecule is CCOc1ccc(CNCCNC[C@H](C)O)cc1. The number of hydrogen-bond acceptors (Lipinski definition) is 4. The molecule has 0 aliphatic heterocycles. The predicted octanol–water partition coefficient (Wildman–Crippen LogP) is 1.15. The molecule has 0 saturated heterocycles. The van der Waals surface area contributed by atoms with Gasteiger partial charge in [0.1, 0.15) is 5.75 Å². The Hall–Kier alpha value is -1.10. The van der Waals surface area contributed by atoms with Gasteiger partial charge in [-0.2, -0.15) is 0 Å². The number of aliphatic hydroxyl groups is 1. The van der Waals surface area contributed by atoms with Gasteiger partial charge in [0.05, 0.1) is 12.7 Å². The monoisotopic (exact) mass is 252 g/mol. The highest BCUT2D eigenvalue weighted by Crippen LogP contribution is 2.11. The third-order valence-electron chi connectivity index (χ3n) is 2.48. The quantitative estimate of drug-likeness (QED) is 0.577. The summed E-state index contributed by atoms with van der Waals surface area (Å²) >= 11 is 0. The molecule has 0 aliphatic rings. The number of aliphatic hydroxyl groups excluding tert-OH is 1. The maximum absolute atomic E-state index is 9.06. The molecule has 0 radical (unpaired) electrons. The Morgan fingerprint density at radius 1 is 1.17 bits per heavy atom. The van der Waals surface area contributed by atoms with E-state index >= 15 is 0 Å². The molecule has 1 aromatic carbocycles. The maximum atomic E-state index is 9.06. The summed E-state index contributed by atoms with van der Waals surface area (Å²) in [5.41, 5.74) is 1.24. The molecule has 0 unspecified atom stereocenters. The fourth-order valence-electron chi connectivity index (χ4n) is 1.59. The topological polar surface area (TPSA) is 53.5 Å². The first-order valence-electron chi connectivity index (χ1n) is 6.53. The Balaban J connectivity index is 2.11. The van der Waals surface area contributed by atoms with Gasteiger partial charge in [0.25, 0.3) is 0 Å². The van der Waals surface area contributed by atoms with Crippen LogP contribution < -0.4 is 15.4 Å². The lowest BCUT2D eigenvalue weighted by molar-refractivity contribution is 0.191. The van der Waals surface area contributed by atoms with Crippen LogP contribution in [0.3, 0.4) is 0 Å². The van der Waals surface area contributed by atoms with E-state index in [2.05, 4.69) is 22.8 Å². The first-order chi connectivity index (χ1) is 8.72. The third-order valence-corrected chi connectivity index (χ3v) is 2.48. The molecule has 102 valence electrons. The van der Waals surface area contributed by atoms with Gasteiger partial charge in [0.15, 0.2) is 0 Å². The van der Waals surface area contributed by atoms with Crippen LogP contribution in [-0.2, 0) is 6.54 Å². The lowest BCUT2D eigenvalue weighted by Gasteiger charge is -2.08. The molecule has 1 rings (SSSR count). The molecule has 4 nitrogen and oxygen atoms in total. The molecule has 1 aromatic rings. The Morgan fingerprint density at radius 2 is 1.83 bits per heavy atom. The summed E-state index contributed by atoms with van der Waals surface area (Å²) in [5, 5.41) is 15.6. The van der Waals surface area contributed by atoms with Crippen LogP contribution in [0.2, 0.25) is 0 Å². The summed E-state index contributed by atoms with van der Waals surface area (Å²) < 4.78 is 5.39. The molecule has 0 aliphatic carbocycles. The Labute approximate surface area is 109 Å². The summed E-state index contributed by atoms with van der Waals surface area (Å²) in [6.07, 6.45) is -0.281. The summed E-state index contributed by atoms with van der Waals surface area (Å²) in [7, 11) is 0. The first-order valence-corrected chi connectivity index (χ1v) is 6.53. The minimum absolute atomic E-state index is 0.281. The lowest BCUT2D eigenvalue weighted by atomic mass is 10.2. The highest BCUT2D eigenvalue weighted by atomic mass is 16.5. The maximum Gasteiger partial charge on any atom is 0.119 e. The summed E-state index contributed by atoms with van der Waals surface area (Å²) in [4.78, 5) is 0. The van der Waals surface area contributed by atoms with Crippen LogP contribution in [0, 0.1) is 0 Å². The van der Waals surface area contributed by atoms with E-state index in [0.717, 1.165) is 25.4 Å². The molecule has 4 heteroatoms. The average Bonchev–Trinajstić information content (AvgIpc) is 2.35. The zero-order valence-electron chi connectivity index (χ0n) is 11.3. The van der Waals surface area contributed by atoms with Gasteiger partial charge < -0.3 is 20.5 Å². The van der Waals surface area contributed by atoms with Gasteiger partial charge in [-0.05, 0) is 31.5 Å². The van der Waals surface area contributed by atoms with E-state index in [-0.39, 0.29) is 6.10 Å². The highest BCUT2D eigenvalue weighted by Gasteiger charge is 1.96. The molecule has 0 saturated carbocycles. The minimum atomic E-state index is -0.281. The lowest BCUT2D eigenvalue weighted by Crippen LogP contribution is -2.31. The number of hydrogen-bond donors (Lipinski definition) is 3. The van der Waals surface area contributed by atoms with Gasteiger partial charge in [-0.3, -0.25) is 0 Å². The van der Waals surface area contributed by atoms with Gasteiger partial charge >= 0.3 is 0 Å². The van der Waals surface area contributed by atoms with E-state index in [9.17, 15) is 0 Å². The van der Waals surface area contributed by atoms with E-state index < -0.39 is 0 Å². The predicted molar refractivity (Wildman–Crippen MR) is 73.9 cm³/mol. The summed E-state index contributed by atoms with van der Waals surface area (Å²) in [5.74, 6) is 0.917. The number of ether oxygens (including phenoxy) is 1. The van der Waals surface area contributed by atoms with Crippen molar-refractivity contribution >= 4 is 0 Å². The molecule has 18 heavy (non-hydrogen) atoms. The molecular weight excluding hydrogens is 228 g/mol. The molecule has 0 amide bonds. The second-order valence-corrected chi connectivity index (χ2v) is 4.31. The zero-order valence-corrected chi connectivity index (χ0v) is 11.3. The van der Waals surface area contributed by atoms with Crippen LogP contribution in [0.1, 0.15) is 19.4 Å². The Kier molecular flexibility index (Phi) is 7.41. The first kappa shape index (κ1) is 15.0. The standard InChI is InChI=1S/C14H24N2O2/c1-3-18-14-6-4-13(5-7-14)11-16-9-8-15-10-12(2)17/h4-7,12,15-17H,3,8-11H2,1-2H3/t12-/m0/s1. The molecule has 0 heterocycles. The number of benzene rings is 1. The van der Waals surface area contributed by atoms with Gasteiger partial charge in [-0.1, -0.05) is 12.1 Å². The van der Waals surface area contributed by atoms with Crippen molar-refractivity contribution < 1.29 is 9.84 Å². The molecular formula is C14H24N2O2. The van der Waals surface area contributed by atoms with Gasteiger partial charge in [0.2, 0.25) is 0 Å². The van der Waals surface area contributed by atoms with Crippen LogP contribution in [-0.4, -0.2) is 37.5 Å². The number of nitrogens with one attached hydrogen (secondary N) is 2. The van der Waals surface area contributed by atoms with Crippen LogP contribution in [0.15, 0.2) is 24.3 Å². The molecule has 3 N–H and O–H groups in total. The van der Waals surface area contributed by atoms with E-state index in [0.29, 0.717) is 13.2 Å². The van der Waals surface area contributed by atoms with Crippen LogP contribution >= 0.6 is 0 Å². The Morgan fingerprint density at radius 3 is 2.44 bits per heavy atom. The van der Waals surface area contributed by atoms with Gasteiger partial charge in [-0.25, -0.2) is 0 Å². The number of rotatable bonds is 9. The van der Waals surface area contributed by atoms with Gasteiger partial charge in [-0.15, -0.1) is 0 Å². The van der Waals surface area contributed by atoms with Crippen molar-refractivity contribution in [1.82, 2.24) is 10.6 Å². The second kappa shape index (κ2) is 8.91. The second-order valence-electron chi connectivity index (χ2n) is 4.31. The molecule has 0 fully saturated rings. The van der Waals surface area contributed by atoms with E-state index in [4.69, 9.17) is 9.84 Å². The van der Waals surface area contributed by atoms with Crippen molar-refractivity contribution in [1.29, 1.82) is 0 Å². The normalized spacial score (nSPS) is 12.4. The fourth-order valence-corrected chi connectivity index (χ4v) is 1.59. The van der Waals surface area contributed by atoms with Crippen molar-refractivity contribution in [3.8, 4) is 5.75 Å². The molecule has 1 atom stereocenters. The fraction of sp³-hybridized carbons (Fsp3) is 0.571. The minimum Gasteiger partial charge on any atom is -0.494 e. The van der Waals surface area contributed by atoms with Crippen molar-refractivity contribution in [2.24, 2.45) is 0 Å². The van der Waals surface area contributed by atoms with Crippen molar-refractivity contribution in [3.05, 3.63) is 29.8 Å². The van der Waals surface area contributed by atoms with E-state index in [1.54, 1.807) is 6.92 Å². The van der Waals surface area contributed by atoms with E-state index in [1.165, 1.54) is 5.56 Å². The highest BCUT2D eigenvalue weighted by molar-refractivity contribution is 5.27. The third kappa shape index (κ3) is 6.59. The van der Waals surface area contributed by atoms with Gasteiger partial charge in [0, 0.05) is 26.2 Å².